The van der Waals surface area contributed by atoms with Gasteiger partial charge >= 0.3 is 6.09 Å². The molecule has 25 heavy (non-hydrogen) atoms. The standard InChI is InChI=1S/C19H25N3O3/c1-19(2,3)25-18(24)22-10-7-14(8-11-22)21-17-16-5-4-15(23)12-13(16)6-9-20-17/h4-6,9,12,14,23H,7-8,10-11H2,1-3H3,(H,20,21). The fourth-order valence-electron chi connectivity index (χ4n) is 3.01. The molecule has 6 nitrogen and oxygen atoms in total. The molecule has 1 aromatic heterocycles. The van der Waals surface area contributed by atoms with Crippen LogP contribution in [-0.2, 0) is 4.74 Å². The van der Waals surface area contributed by atoms with E-state index in [1.807, 2.05) is 32.9 Å². The Morgan fingerprint density at radius 3 is 2.68 bits per heavy atom. The maximum atomic E-state index is 12.1. The molecule has 2 aromatic rings. The number of benzene rings is 1. The Morgan fingerprint density at radius 1 is 1.28 bits per heavy atom. The molecule has 0 unspecified atom stereocenters. The number of carbonyl (C=O) groups is 1. The minimum absolute atomic E-state index is 0.246. The first-order chi connectivity index (χ1) is 11.8. The van der Waals surface area contributed by atoms with Crippen LogP contribution >= 0.6 is 0 Å². The molecule has 6 heteroatoms. The summed E-state index contributed by atoms with van der Waals surface area (Å²) in [4.78, 5) is 18.3. The van der Waals surface area contributed by atoms with Gasteiger partial charge in [0.15, 0.2) is 0 Å². The molecule has 1 saturated heterocycles. The second-order valence-corrected chi connectivity index (χ2v) is 7.45. The lowest BCUT2D eigenvalue weighted by Crippen LogP contribution is -2.44. The quantitative estimate of drug-likeness (QED) is 0.868. The van der Waals surface area contributed by atoms with E-state index in [1.165, 1.54) is 0 Å². The van der Waals surface area contributed by atoms with Gasteiger partial charge in [0.25, 0.3) is 0 Å². The maximum Gasteiger partial charge on any atom is 0.410 e. The van der Waals surface area contributed by atoms with Gasteiger partial charge in [0.05, 0.1) is 0 Å². The number of piperidine rings is 1. The Bertz CT molecular complexity index is 762. The summed E-state index contributed by atoms with van der Waals surface area (Å²) in [6.45, 7) is 6.96. The minimum atomic E-state index is -0.468. The molecule has 0 spiro atoms. The normalized spacial score (nSPS) is 16.0. The van der Waals surface area contributed by atoms with Crippen molar-refractivity contribution in [3.05, 3.63) is 30.5 Å². The molecule has 0 saturated carbocycles. The van der Waals surface area contributed by atoms with Gasteiger partial charge in [-0.15, -0.1) is 0 Å². The van der Waals surface area contributed by atoms with Gasteiger partial charge in [-0.1, -0.05) is 0 Å². The number of carbonyl (C=O) groups excluding carboxylic acids is 1. The molecule has 0 bridgehead atoms. The molecule has 1 aliphatic rings. The Balaban J connectivity index is 1.62. The van der Waals surface area contributed by atoms with Crippen LogP contribution in [0.3, 0.4) is 0 Å². The van der Waals surface area contributed by atoms with Gasteiger partial charge in [-0.3, -0.25) is 0 Å². The molecule has 134 valence electrons. The highest BCUT2D eigenvalue weighted by atomic mass is 16.6. The SMILES string of the molecule is CC(C)(C)OC(=O)N1CCC(Nc2nccc3cc(O)ccc23)CC1. The number of nitrogens with one attached hydrogen (secondary N) is 1. The van der Waals surface area contributed by atoms with Crippen LogP contribution in [0.5, 0.6) is 5.75 Å². The fraction of sp³-hybridized carbons (Fsp3) is 0.474. The molecule has 0 aliphatic carbocycles. The van der Waals surface area contributed by atoms with E-state index in [0.29, 0.717) is 13.1 Å². The van der Waals surface area contributed by atoms with Crippen LogP contribution in [0.15, 0.2) is 30.5 Å². The number of fused-ring (bicyclic) bond motifs is 1. The van der Waals surface area contributed by atoms with E-state index < -0.39 is 5.60 Å². The summed E-state index contributed by atoms with van der Waals surface area (Å²) < 4.78 is 5.43. The van der Waals surface area contributed by atoms with Crippen LogP contribution in [0.25, 0.3) is 10.8 Å². The van der Waals surface area contributed by atoms with E-state index in [4.69, 9.17) is 4.74 Å². The number of pyridine rings is 1. The summed E-state index contributed by atoms with van der Waals surface area (Å²) in [6, 6.07) is 7.40. The predicted octanol–water partition coefficient (Wildman–Crippen LogP) is 3.75. The molecule has 2 N–H and O–H groups in total. The van der Waals surface area contributed by atoms with Crippen molar-refractivity contribution >= 4 is 22.7 Å². The van der Waals surface area contributed by atoms with E-state index in [9.17, 15) is 9.90 Å². The van der Waals surface area contributed by atoms with Gasteiger partial charge in [0, 0.05) is 30.7 Å². The summed E-state index contributed by atoms with van der Waals surface area (Å²) in [5.41, 5.74) is -0.468. The minimum Gasteiger partial charge on any atom is -0.508 e. The molecule has 1 fully saturated rings. The average molecular weight is 343 g/mol. The molecule has 1 aliphatic heterocycles. The average Bonchev–Trinajstić information content (AvgIpc) is 2.54. The second-order valence-electron chi connectivity index (χ2n) is 7.45. The first-order valence-corrected chi connectivity index (χ1v) is 8.64. The number of hydrogen-bond donors (Lipinski definition) is 2. The van der Waals surface area contributed by atoms with Crippen LogP contribution in [-0.4, -0.2) is 45.8 Å². The first kappa shape index (κ1) is 17.3. The van der Waals surface area contributed by atoms with Gasteiger partial charge in [-0.2, -0.15) is 0 Å². The maximum absolute atomic E-state index is 12.1. The van der Waals surface area contributed by atoms with Crippen LogP contribution in [0.4, 0.5) is 10.6 Å². The Morgan fingerprint density at radius 2 is 2.00 bits per heavy atom. The van der Waals surface area contributed by atoms with Gasteiger partial charge in [-0.25, -0.2) is 9.78 Å². The van der Waals surface area contributed by atoms with E-state index in [2.05, 4.69) is 10.3 Å². The van der Waals surface area contributed by atoms with Crippen molar-refractivity contribution in [2.75, 3.05) is 18.4 Å². The van der Waals surface area contributed by atoms with Gasteiger partial charge in [0.2, 0.25) is 0 Å². The van der Waals surface area contributed by atoms with Crippen molar-refractivity contribution in [3.63, 3.8) is 0 Å². The number of hydrogen-bond acceptors (Lipinski definition) is 5. The third-order valence-corrected chi connectivity index (χ3v) is 4.24. The highest BCUT2D eigenvalue weighted by Crippen LogP contribution is 2.26. The van der Waals surface area contributed by atoms with E-state index >= 15 is 0 Å². The Hall–Kier alpha value is -2.50. The number of aromatic nitrogens is 1. The number of aromatic hydroxyl groups is 1. The van der Waals surface area contributed by atoms with Crippen molar-refractivity contribution in [2.24, 2.45) is 0 Å². The number of amides is 1. The zero-order chi connectivity index (χ0) is 18.0. The highest BCUT2D eigenvalue weighted by Gasteiger charge is 2.27. The number of anilines is 1. The lowest BCUT2D eigenvalue weighted by molar-refractivity contribution is 0.0210. The van der Waals surface area contributed by atoms with E-state index in [1.54, 1.807) is 23.2 Å². The van der Waals surface area contributed by atoms with Crippen molar-refractivity contribution in [2.45, 2.75) is 45.3 Å². The fourth-order valence-corrected chi connectivity index (χ4v) is 3.01. The molecular weight excluding hydrogens is 318 g/mol. The molecule has 1 aromatic carbocycles. The topological polar surface area (TPSA) is 74.7 Å². The van der Waals surface area contributed by atoms with Crippen LogP contribution in [0.1, 0.15) is 33.6 Å². The predicted molar refractivity (Wildman–Crippen MR) is 97.9 cm³/mol. The van der Waals surface area contributed by atoms with E-state index in [0.717, 1.165) is 29.4 Å². The number of phenolic OH excluding ortho intramolecular Hbond substituents is 1. The molecule has 2 heterocycles. The van der Waals surface area contributed by atoms with Crippen molar-refractivity contribution < 1.29 is 14.6 Å². The zero-order valence-corrected chi connectivity index (χ0v) is 15.0. The third-order valence-electron chi connectivity index (χ3n) is 4.24. The van der Waals surface area contributed by atoms with Gasteiger partial charge in [-0.05, 0) is 63.3 Å². The summed E-state index contributed by atoms with van der Waals surface area (Å²) in [5, 5.41) is 15.0. The van der Waals surface area contributed by atoms with Crippen LogP contribution < -0.4 is 5.32 Å². The molecule has 1 amide bonds. The number of ether oxygens (including phenoxy) is 1. The van der Waals surface area contributed by atoms with Crippen molar-refractivity contribution in [1.82, 2.24) is 9.88 Å². The van der Waals surface area contributed by atoms with Gasteiger partial charge in [0.1, 0.15) is 17.2 Å². The lowest BCUT2D eigenvalue weighted by atomic mass is 10.0. The summed E-state index contributed by atoms with van der Waals surface area (Å²) in [6.07, 6.45) is 3.18. The smallest absolute Gasteiger partial charge is 0.410 e. The lowest BCUT2D eigenvalue weighted by Gasteiger charge is -2.34. The summed E-state index contributed by atoms with van der Waals surface area (Å²) in [5.74, 6) is 1.06. The first-order valence-electron chi connectivity index (χ1n) is 8.64. The van der Waals surface area contributed by atoms with Crippen molar-refractivity contribution in [3.8, 4) is 5.75 Å². The highest BCUT2D eigenvalue weighted by molar-refractivity contribution is 5.92. The number of likely N-dealkylation sites (tertiary alicyclic amines) is 1. The second kappa shape index (κ2) is 6.78. The third kappa shape index (κ3) is 4.32. The zero-order valence-electron chi connectivity index (χ0n) is 15.0. The van der Waals surface area contributed by atoms with Crippen molar-refractivity contribution in [1.29, 1.82) is 0 Å². The number of rotatable bonds is 2. The van der Waals surface area contributed by atoms with Gasteiger partial charge < -0.3 is 20.1 Å². The van der Waals surface area contributed by atoms with Crippen LogP contribution in [0, 0.1) is 0 Å². The molecule has 0 radical (unpaired) electrons. The van der Waals surface area contributed by atoms with E-state index in [-0.39, 0.29) is 17.9 Å². The summed E-state index contributed by atoms with van der Waals surface area (Å²) >= 11 is 0. The number of nitrogens with zero attached hydrogens (tertiary/aromatic N) is 2. The molecule has 0 atom stereocenters. The Labute approximate surface area is 147 Å². The largest absolute Gasteiger partial charge is 0.508 e. The molecule has 3 rings (SSSR count). The summed E-state index contributed by atoms with van der Waals surface area (Å²) in [7, 11) is 0. The monoisotopic (exact) mass is 343 g/mol. The molecular formula is C19H25N3O3. The van der Waals surface area contributed by atoms with Crippen LogP contribution in [0.2, 0.25) is 0 Å². The Kier molecular flexibility index (Phi) is 4.70. The number of phenols is 1.